The van der Waals surface area contributed by atoms with Crippen LogP contribution >= 0.6 is 11.6 Å². The molecule has 0 amide bonds. The van der Waals surface area contributed by atoms with Crippen molar-refractivity contribution in [2.45, 2.75) is 82.9 Å². The van der Waals surface area contributed by atoms with E-state index in [9.17, 15) is 8.42 Å². The molecule has 220 valence electrons. The lowest BCUT2D eigenvalue weighted by Crippen LogP contribution is -2.27. The molecule has 41 heavy (non-hydrogen) atoms. The van der Waals surface area contributed by atoms with Crippen molar-refractivity contribution in [1.82, 2.24) is 25.1 Å². The third kappa shape index (κ3) is 5.89. The highest BCUT2D eigenvalue weighted by atomic mass is 35.5. The minimum absolute atomic E-state index is 0.00389. The molecule has 1 saturated heterocycles. The van der Waals surface area contributed by atoms with E-state index in [0.717, 1.165) is 56.6 Å². The van der Waals surface area contributed by atoms with Gasteiger partial charge in [-0.25, -0.2) is 13.4 Å². The number of ether oxygens (including phenoxy) is 1. The molecule has 3 N–H and O–H groups in total. The maximum atomic E-state index is 13.2. The average Bonchev–Trinajstić information content (AvgIpc) is 3.55. The van der Waals surface area contributed by atoms with Crippen LogP contribution in [0.4, 0.5) is 23.1 Å². The van der Waals surface area contributed by atoms with Gasteiger partial charge in [0.15, 0.2) is 15.7 Å². The summed E-state index contributed by atoms with van der Waals surface area (Å²) in [6.45, 7) is 10.1. The van der Waals surface area contributed by atoms with Crippen molar-refractivity contribution in [1.29, 1.82) is 0 Å². The highest BCUT2D eigenvalue weighted by molar-refractivity contribution is 7.91. The van der Waals surface area contributed by atoms with Crippen LogP contribution in [-0.2, 0) is 16.3 Å². The molecule has 2 aliphatic heterocycles. The van der Waals surface area contributed by atoms with Gasteiger partial charge in [0.25, 0.3) is 0 Å². The fourth-order valence-electron chi connectivity index (χ4n) is 6.02. The number of sulfone groups is 1. The van der Waals surface area contributed by atoms with Gasteiger partial charge < -0.3 is 20.7 Å². The third-order valence-electron chi connectivity index (χ3n) is 7.90. The van der Waals surface area contributed by atoms with Gasteiger partial charge in [-0.05, 0) is 81.6 Å². The maximum Gasteiger partial charge on any atom is 0.229 e. The number of rotatable bonds is 9. The lowest BCUT2D eigenvalue weighted by atomic mass is 9.83. The molecule has 1 unspecified atom stereocenters. The number of aromatic nitrogens is 4. The molecule has 10 nitrogen and oxygen atoms in total. The summed E-state index contributed by atoms with van der Waals surface area (Å²) in [5, 5.41) is 14.7. The molecule has 3 aliphatic rings. The van der Waals surface area contributed by atoms with E-state index in [0.29, 0.717) is 23.4 Å². The Morgan fingerprint density at radius 1 is 1.17 bits per heavy atom. The average molecular weight is 600 g/mol. The summed E-state index contributed by atoms with van der Waals surface area (Å²) in [6.07, 6.45) is 8.41. The zero-order valence-electron chi connectivity index (χ0n) is 24.0. The van der Waals surface area contributed by atoms with Crippen LogP contribution in [0.5, 0.6) is 5.75 Å². The number of benzene rings is 1. The molecule has 1 aromatic carbocycles. The number of nitrogens with one attached hydrogen (secondary N) is 3. The Kier molecular flexibility index (Phi) is 7.63. The normalized spacial score (nSPS) is 19.3. The van der Waals surface area contributed by atoms with Crippen LogP contribution in [0.25, 0.3) is 0 Å². The van der Waals surface area contributed by atoms with Crippen molar-refractivity contribution in [3.05, 3.63) is 40.2 Å². The first-order valence-electron chi connectivity index (χ1n) is 14.5. The van der Waals surface area contributed by atoms with Crippen LogP contribution < -0.4 is 20.7 Å². The molecule has 0 spiro atoms. The van der Waals surface area contributed by atoms with E-state index >= 15 is 0 Å². The number of hydrogen-bond donors (Lipinski definition) is 3. The monoisotopic (exact) mass is 599 g/mol. The van der Waals surface area contributed by atoms with Gasteiger partial charge in [0.1, 0.15) is 16.9 Å². The molecule has 12 heteroatoms. The molecule has 3 aromatic rings. The van der Waals surface area contributed by atoms with Crippen molar-refractivity contribution < 1.29 is 13.2 Å². The van der Waals surface area contributed by atoms with Gasteiger partial charge in [0, 0.05) is 12.0 Å². The van der Waals surface area contributed by atoms with Gasteiger partial charge in [-0.15, -0.1) is 0 Å². The van der Waals surface area contributed by atoms with E-state index in [2.05, 4.69) is 50.9 Å². The Bertz CT molecular complexity index is 1560. The SMILES string of the molecule is Cc1cc(Nc2ncc(Cl)c(Nc3cn(C4CC4)nc3S(=O)(=O)CC(C)C)n2)c2c(c1C1CCNCC1)CC(C)O2. The summed E-state index contributed by atoms with van der Waals surface area (Å²) in [4.78, 5) is 9.06. The number of piperidine rings is 1. The first-order chi connectivity index (χ1) is 19.6. The summed E-state index contributed by atoms with van der Waals surface area (Å²) in [5.74, 6) is 1.98. The van der Waals surface area contributed by atoms with Crippen LogP contribution in [-0.4, -0.2) is 53.1 Å². The van der Waals surface area contributed by atoms with Crippen molar-refractivity contribution in [3.63, 3.8) is 0 Å². The Balaban J connectivity index is 1.31. The quantitative estimate of drug-likeness (QED) is 0.285. The van der Waals surface area contributed by atoms with Gasteiger partial charge in [-0.2, -0.15) is 10.1 Å². The molecule has 0 bridgehead atoms. The van der Waals surface area contributed by atoms with Crippen molar-refractivity contribution in [2.24, 2.45) is 5.92 Å². The van der Waals surface area contributed by atoms with Gasteiger partial charge in [0.2, 0.25) is 11.0 Å². The number of anilines is 4. The first-order valence-corrected chi connectivity index (χ1v) is 16.5. The Morgan fingerprint density at radius 3 is 2.63 bits per heavy atom. The fourth-order valence-corrected chi connectivity index (χ4v) is 7.85. The van der Waals surface area contributed by atoms with Gasteiger partial charge >= 0.3 is 0 Å². The molecule has 1 atom stereocenters. The zero-order chi connectivity index (χ0) is 28.9. The summed E-state index contributed by atoms with van der Waals surface area (Å²) in [7, 11) is -3.61. The molecule has 1 aliphatic carbocycles. The first kappa shape index (κ1) is 28.2. The molecular formula is C29H38ClN7O3S. The Morgan fingerprint density at radius 2 is 1.93 bits per heavy atom. The second-order valence-corrected chi connectivity index (χ2v) is 14.4. The molecule has 4 heterocycles. The van der Waals surface area contributed by atoms with E-state index in [-0.39, 0.29) is 33.9 Å². The van der Waals surface area contributed by atoms with E-state index in [1.54, 1.807) is 10.9 Å². The van der Waals surface area contributed by atoms with Gasteiger partial charge in [0.05, 0.1) is 35.6 Å². The molecule has 1 saturated carbocycles. The minimum Gasteiger partial charge on any atom is -0.488 e. The van der Waals surface area contributed by atoms with Crippen LogP contribution in [0.3, 0.4) is 0 Å². The summed E-state index contributed by atoms with van der Waals surface area (Å²) in [6, 6.07) is 2.34. The summed E-state index contributed by atoms with van der Waals surface area (Å²) >= 11 is 6.50. The van der Waals surface area contributed by atoms with E-state index in [1.807, 2.05) is 13.8 Å². The summed E-state index contributed by atoms with van der Waals surface area (Å²) < 4.78 is 34.4. The Hall–Kier alpha value is -2.89. The van der Waals surface area contributed by atoms with E-state index in [4.69, 9.17) is 16.3 Å². The highest BCUT2D eigenvalue weighted by Crippen LogP contribution is 2.45. The summed E-state index contributed by atoms with van der Waals surface area (Å²) in [5.41, 5.74) is 5.10. The smallest absolute Gasteiger partial charge is 0.229 e. The largest absolute Gasteiger partial charge is 0.488 e. The Labute approximate surface area is 246 Å². The number of fused-ring (bicyclic) bond motifs is 1. The highest BCUT2D eigenvalue weighted by Gasteiger charge is 2.32. The molecule has 2 aromatic heterocycles. The standard InChI is InChI=1S/C29H38ClN7O3S/c1-16(2)15-41(38,39)28-24(14-37(36-28)20-5-6-20)33-27-22(30)13-32-29(35-27)34-23-11-17(3)25(19-7-9-31-10-8-19)21-12-18(4)40-26(21)23/h11,13-14,16,18-20,31H,5-10,12,15H2,1-4H3,(H2,32,33,34,35). The van der Waals surface area contributed by atoms with Crippen molar-refractivity contribution in [2.75, 3.05) is 29.5 Å². The second kappa shape index (κ2) is 11.1. The fraction of sp³-hybridized carbons (Fsp3) is 0.552. The molecular weight excluding hydrogens is 562 g/mol. The number of nitrogens with zero attached hydrogens (tertiary/aromatic N) is 4. The lowest BCUT2D eigenvalue weighted by molar-refractivity contribution is 0.256. The van der Waals surface area contributed by atoms with E-state index in [1.165, 1.54) is 22.9 Å². The predicted molar refractivity (Wildman–Crippen MR) is 161 cm³/mol. The van der Waals surface area contributed by atoms with Crippen molar-refractivity contribution >= 4 is 44.6 Å². The topological polar surface area (TPSA) is 123 Å². The minimum atomic E-state index is -3.61. The predicted octanol–water partition coefficient (Wildman–Crippen LogP) is 5.68. The third-order valence-corrected chi connectivity index (χ3v) is 10.2. The number of aryl methyl sites for hydroxylation is 1. The molecule has 2 fully saturated rings. The second-order valence-electron chi connectivity index (χ2n) is 12.0. The lowest BCUT2D eigenvalue weighted by Gasteiger charge is -2.27. The van der Waals surface area contributed by atoms with Crippen LogP contribution in [0.1, 0.15) is 75.1 Å². The van der Waals surface area contributed by atoms with Crippen LogP contribution in [0.2, 0.25) is 5.02 Å². The molecule has 6 rings (SSSR count). The van der Waals surface area contributed by atoms with E-state index < -0.39 is 9.84 Å². The molecule has 0 radical (unpaired) electrons. The van der Waals surface area contributed by atoms with Crippen LogP contribution in [0, 0.1) is 12.8 Å². The van der Waals surface area contributed by atoms with Crippen molar-refractivity contribution in [3.8, 4) is 5.75 Å². The van der Waals surface area contributed by atoms with Crippen LogP contribution in [0.15, 0.2) is 23.5 Å². The number of halogens is 1. The maximum absolute atomic E-state index is 13.2. The zero-order valence-corrected chi connectivity index (χ0v) is 25.6. The number of hydrogen-bond acceptors (Lipinski definition) is 9. The van der Waals surface area contributed by atoms with Gasteiger partial charge in [-0.3, -0.25) is 4.68 Å². The van der Waals surface area contributed by atoms with Gasteiger partial charge in [-0.1, -0.05) is 25.4 Å².